The minimum atomic E-state index is -5.00. The van der Waals surface area contributed by atoms with Crippen LogP contribution >= 0.6 is 7.82 Å². The van der Waals surface area contributed by atoms with E-state index in [1.54, 1.807) is 44.2 Å². The summed E-state index contributed by atoms with van der Waals surface area (Å²) in [6, 6.07) is 12.9. The highest BCUT2D eigenvalue weighted by Crippen LogP contribution is 2.36. The molecule has 1 aliphatic rings. The van der Waals surface area contributed by atoms with Crippen molar-refractivity contribution in [3.05, 3.63) is 71.8 Å². The summed E-state index contributed by atoms with van der Waals surface area (Å²) in [7, 11) is -5.00. The first kappa shape index (κ1) is 36.4. The molecule has 4 atom stereocenters. The van der Waals surface area contributed by atoms with Crippen LogP contribution in [-0.4, -0.2) is 86.7 Å². The summed E-state index contributed by atoms with van der Waals surface area (Å²) in [5, 5.41) is 17.3. The first-order valence-electron chi connectivity index (χ1n) is 15.0. The molecule has 1 aliphatic heterocycles. The number of amides is 4. The fourth-order valence-corrected chi connectivity index (χ4v) is 5.46. The number of benzene rings is 2. The van der Waals surface area contributed by atoms with Crippen LogP contribution in [0.15, 0.2) is 60.7 Å². The fourth-order valence-electron chi connectivity index (χ4n) is 5.11. The second-order valence-electron chi connectivity index (χ2n) is 11.4. The van der Waals surface area contributed by atoms with Gasteiger partial charge in [-0.2, -0.15) is 0 Å². The number of carboxylic acid groups (broad SMARTS) is 1. The quantitative estimate of drug-likeness (QED) is 0.141. The van der Waals surface area contributed by atoms with E-state index in [1.807, 2.05) is 30.3 Å². The van der Waals surface area contributed by atoms with Crippen LogP contribution < -0.4 is 16.0 Å². The molecule has 1 heterocycles. The van der Waals surface area contributed by atoms with Gasteiger partial charge >= 0.3 is 13.8 Å². The van der Waals surface area contributed by atoms with Gasteiger partial charge in [-0.25, -0.2) is 9.36 Å². The minimum absolute atomic E-state index is 0.0135. The van der Waals surface area contributed by atoms with E-state index >= 15 is 0 Å². The molecule has 2 aromatic rings. The zero-order chi connectivity index (χ0) is 33.9. The summed E-state index contributed by atoms with van der Waals surface area (Å²) in [5.41, 5.74) is 1.58. The van der Waals surface area contributed by atoms with E-state index in [4.69, 9.17) is 0 Å². The second-order valence-corrected chi connectivity index (χ2v) is 12.6. The molecule has 0 spiro atoms. The Morgan fingerprint density at radius 1 is 0.913 bits per heavy atom. The number of carbonyl (C=O) groups is 5. The lowest BCUT2D eigenvalue weighted by molar-refractivity contribution is -0.144. The predicted molar refractivity (Wildman–Crippen MR) is 166 cm³/mol. The van der Waals surface area contributed by atoms with Crippen molar-refractivity contribution in [2.75, 3.05) is 13.2 Å². The van der Waals surface area contributed by atoms with Gasteiger partial charge in [0.1, 0.15) is 24.2 Å². The number of hydrogen-bond acceptors (Lipinski definition) is 7. The second kappa shape index (κ2) is 17.0. The van der Waals surface area contributed by atoms with E-state index in [2.05, 4.69) is 20.5 Å². The Balaban J connectivity index is 1.69. The first-order valence-corrected chi connectivity index (χ1v) is 16.5. The van der Waals surface area contributed by atoms with Crippen molar-refractivity contribution in [1.29, 1.82) is 0 Å². The molecular weight excluding hydrogens is 619 g/mol. The summed E-state index contributed by atoms with van der Waals surface area (Å²) < 4.78 is 16.0. The van der Waals surface area contributed by atoms with Gasteiger partial charge in [0.25, 0.3) is 0 Å². The number of likely N-dealkylation sites (tertiary alicyclic amines) is 1. The Bertz CT molecular complexity index is 1400. The number of phosphoric ester groups is 1. The molecule has 0 aromatic heterocycles. The minimum Gasteiger partial charge on any atom is -0.480 e. The molecule has 1 saturated heterocycles. The SMILES string of the molecule is CC(C)[C@H](NC(=O)[C@@H]1CCCN1C(=O)[C@H](COP(=O)(O)O)NC(=O)CCc1ccccc1)C(=O)N[C@@H](Cc1ccccc1)C(=O)O. The molecule has 0 aliphatic carbocycles. The van der Waals surface area contributed by atoms with Crippen molar-refractivity contribution in [3.8, 4) is 0 Å². The van der Waals surface area contributed by atoms with Gasteiger partial charge in [0.05, 0.1) is 6.61 Å². The Kier molecular flexibility index (Phi) is 13.4. The number of carbonyl (C=O) groups excluding carboxylic acids is 4. The third-order valence-corrected chi connectivity index (χ3v) is 7.99. The van der Waals surface area contributed by atoms with Crippen LogP contribution in [0.4, 0.5) is 0 Å². The molecular formula is C31H41N4O10P. The topological polar surface area (TPSA) is 212 Å². The summed E-state index contributed by atoms with van der Waals surface area (Å²) in [6.07, 6.45) is 1.01. The van der Waals surface area contributed by atoms with Crippen molar-refractivity contribution >= 4 is 37.4 Å². The average molecular weight is 661 g/mol. The molecule has 6 N–H and O–H groups in total. The first-order chi connectivity index (χ1) is 21.7. The van der Waals surface area contributed by atoms with Crippen LogP contribution in [0.2, 0.25) is 0 Å². The lowest BCUT2D eigenvalue weighted by atomic mass is 10.0. The highest BCUT2D eigenvalue weighted by atomic mass is 31.2. The van der Waals surface area contributed by atoms with Crippen LogP contribution in [0, 0.1) is 5.92 Å². The van der Waals surface area contributed by atoms with Gasteiger partial charge in [-0.1, -0.05) is 74.5 Å². The molecule has 0 saturated carbocycles. The maximum atomic E-state index is 13.6. The molecule has 1 fully saturated rings. The van der Waals surface area contributed by atoms with Gasteiger partial charge in [0.15, 0.2) is 0 Å². The van der Waals surface area contributed by atoms with E-state index in [0.29, 0.717) is 18.4 Å². The molecule has 2 aromatic carbocycles. The normalized spacial score (nSPS) is 16.7. The van der Waals surface area contributed by atoms with Crippen LogP contribution in [0.1, 0.15) is 44.2 Å². The summed E-state index contributed by atoms with van der Waals surface area (Å²) in [4.78, 5) is 84.6. The number of aryl methyl sites for hydroxylation is 1. The molecule has 3 rings (SSSR count). The molecule has 14 nitrogen and oxygen atoms in total. The standard InChI is InChI=1S/C31H41N4O10P/c1-20(2)27(29(38)33-23(31(40)41)18-22-12-7-4-8-13-22)34-28(37)25-14-9-17-35(25)30(39)24(19-45-46(42,43)44)32-26(36)16-15-21-10-5-3-6-11-21/h3-8,10-13,20,23-25,27H,9,14-19H2,1-2H3,(H,32,36)(H,33,38)(H,34,37)(H,40,41)(H2,42,43,44)/t23-,24-,25-,27-/m0/s1. The summed E-state index contributed by atoms with van der Waals surface area (Å²) in [5.74, 6) is -4.40. The zero-order valence-electron chi connectivity index (χ0n) is 25.7. The number of nitrogens with one attached hydrogen (secondary N) is 3. The number of aliphatic carboxylic acids is 1. The Hall–Kier alpha value is -4.10. The molecule has 250 valence electrons. The van der Waals surface area contributed by atoms with Gasteiger partial charge in [0.2, 0.25) is 23.6 Å². The molecule has 15 heteroatoms. The largest absolute Gasteiger partial charge is 0.480 e. The highest BCUT2D eigenvalue weighted by molar-refractivity contribution is 7.46. The van der Waals surface area contributed by atoms with Crippen molar-refractivity contribution < 1.29 is 48.0 Å². The van der Waals surface area contributed by atoms with Crippen LogP contribution in [0.3, 0.4) is 0 Å². The summed E-state index contributed by atoms with van der Waals surface area (Å²) >= 11 is 0. The number of rotatable bonds is 16. The number of phosphoric acid groups is 1. The van der Waals surface area contributed by atoms with Crippen molar-refractivity contribution in [2.45, 2.75) is 70.1 Å². The van der Waals surface area contributed by atoms with Crippen LogP contribution in [0.5, 0.6) is 0 Å². The zero-order valence-corrected chi connectivity index (χ0v) is 26.6. The molecule has 46 heavy (non-hydrogen) atoms. The van der Waals surface area contributed by atoms with Gasteiger partial charge in [-0.15, -0.1) is 0 Å². The Morgan fingerprint density at radius 3 is 2.09 bits per heavy atom. The van der Waals surface area contributed by atoms with Gasteiger partial charge in [-0.3, -0.25) is 23.7 Å². The van der Waals surface area contributed by atoms with Crippen LogP contribution in [-0.2, 0) is 45.9 Å². The Morgan fingerprint density at radius 2 is 1.52 bits per heavy atom. The predicted octanol–water partition coefficient (Wildman–Crippen LogP) is 1.16. The Labute approximate surface area is 267 Å². The van der Waals surface area contributed by atoms with Gasteiger partial charge in [-0.05, 0) is 36.3 Å². The van der Waals surface area contributed by atoms with Crippen molar-refractivity contribution in [3.63, 3.8) is 0 Å². The third-order valence-electron chi connectivity index (χ3n) is 7.51. The lowest BCUT2D eigenvalue weighted by Crippen LogP contribution is -2.59. The van der Waals surface area contributed by atoms with Crippen molar-refractivity contribution in [1.82, 2.24) is 20.9 Å². The van der Waals surface area contributed by atoms with E-state index in [0.717, 1.165) is 5.56 Å². The highest BCUT2D eigenvalue weighted by Gasteiger charge is 2.40. The van der Waals surface area contributed by atoms with Gasteiger partial charge in [0, 0.05) is 19.4 Å². The maximum Gasteiger partial charge on any atom is 0.469 e. The number of hydrogen-bond donors (Lipinski definition) is 6. The lowest BCUT2D eigenvalue weighted by Gasteiger charge is -2.30. The maximum absolute atomic E-state index is 13.6. The van der Waals surface area contributed by atoms with Crippen molar-refractivity contribution in [2.24, 2.45) is 5.92 Å². The fraction of sp³-hybridized carbons (Fsp3) is 0.452. The van der Waals surface area contributed by atoms with E-state index < -0.39 is 74.1 Å². The number of carboxylic acids is 1. The smallest absolute Gasteiger partial charge is 0.469 e. The monoisotopic (exact) mass is 660 g/mol. The molecule has 0 radical (unpaired) electrons. The molecule has 0 bridgehead atoms. The van der Waals surface area contributed by atoms with Gasteiger partial charge < -0.3 is 35.7 Å². The average Bonchev–Trinajstić information content (AvgIpc) is 3.51. The summed E-state index contributed by atoms with van der Waals surface area (Å²) in [6.45, 7) is 2.63. The van der Waals surface area contributed by atoms with E-state index in [9.17, 15) is 43.4 Å². The molecule has 0 unspecified atom stereocenters. The molecule has 4 amide bonds. The van der Waals surface area contributed by atoms with Crippen LogP contribution in [0.25, 0.3) is 0 Å². The van der Waals surface area contributed by atoms with E-state index in [-0.39, 0.29) is 25.8 Å². The van der Waals surface area contributed by atoms with E-state index in [1.165, 1.54) is 4.90 Å². The number of nitrogens with zero attached hydrogens (tertiary/aromatic N) is 1. The third kappa shape index (κ3) is 11.4.